The molecule has 0 aliphatic heterocycles. The van der Waals surface area contributed by atoms with Crippen LogP contribution in [-0.4, -0.2) is 38.5 Å². The lowest BCUT2D eigenvalue weighted by Gasteiger charge is -2.17. The fraction of sp³-hybridized carbons (Fsp3) is 0.400. The Balaban J connectivity index is 1.53. The summed E-state index contributed by atoms with van der Waals surface area (Å²) < 4.78 is 1.51. The predicted molar refractivity (Wildman–Crippen MR) is 90.8 cm³/mol. The van der Waals surface area contributed by atoms with Crippen LogP contribution >= 0.6 is 23.4 Å². The Morgan fingerprint density at radius 1 is 1.39 bits per heavy atom. The molecule has 1 amide bonds. The lowest BCUT2D eigenvalue weighted by molar-refractivity contribution is -0.127. The molecule has 6 nitrogen and oxygen atoms in total. The molecular weight excluding hydrogens is 334 g/mol. The standard InChI is InChI=1S/C15H18ClN5OS/c1-20(8-10-2-6-12(16)7-3-10)13(22)9-23-15-19-18-14(21(15)17)11-4-5-11/h2-3,6-7,11H,4-5,8-9,17H2,1H3. The maximum Gasteiger partial charge on any atom is 0.233 e. The van der Waals surface area contributed by atoms with Gasteiger partial charge >= 0.3 is 0 Å². The first kappa shape index (κ1) is 16.1. The highest BCUT2D eigenvalue weighted by atomic mass is 35.5. The number of thioether (sulfide) groups is 1. The van der Waals surface area contributed by atoms with Gasteiger partial charge in [0.05, 0.1) is 5.75 Å². The summed E-state index contributed by atoms with van der Waals surface area (Å²) in [5.41, 5.74) is 1.04. The van der Waals surface area contributed by atoms with E-state index in [1.807, 2.05) is 24.3 Å². The maximum absolute atomic E-state index is 12.2. The Morgan fingerprint density at radius 3 is 2.74 bits per heavy atom. The zero-order chi connectivity index (χ0) is 16.4. The zero-order valence-corrected chi connectivity index (χ0v) is 14.3. The van der Waals surface area contributed by atoms with E-state index in [-0.39, 0.29) is 11.7 Å². The van der Waals surface area contributed by atoms with Crippen LogP contribution in [0.15, 0.2) is 29.4 Å². The molecule has 0 unspecified atom stereocenters. The topological polar surface area (TPSA) is 77.0 Å². The van der Waals surface area contributed by atoms with E-state index in [4.69, 9.17) is 17.4 Å². The molecule has 1 aromatic heterocycles. The van der Waals surface area contributed by atoms with Crippen LogP contribution < -0.4 is 5.84 Å². The Kier molecular flexibility index (Phi) is 4.77. The van der Waals surface area contributed by atoms with Crippen molar-refractivity contribution >= 4 is 29.3 Å². The molecule has 0 spiro atoms. The number of rotatable bonds is 6. The second-order valence-corrected chi connectivity index (χ2v) is 7.03. The van der Waals surface area contributed by atoms with E-state index in [0.717, 1.165) is 24.2 Å². The Hall–Kier alpha value is -1.73. The number of halogens is 1. The van der Waals surface area contributed by atoms with Crippen LogP contribution in [0.3, 0.4) is 0 Å². The highest BCUT2D eigenvalue weighted by molar-refractivity contribution is 7.99. The second kappa shape index (κ2) is 6.80. The molecule has 1 heterocycles. The van der Waals surface area contributed by atoms with E-state index in [0.29, 0.717) is 22.6 Å². The first-order valence-corrected chi connectivity index (χ1v) is 8.72. The summed E-state index contributed by atoms with van der Waals surface area (Å²) in [4.78, 5) is 13.9. The first-order valence-electron chi connectivity index (χ1n) is 7.36. The molecule has 3 rings (SSSR count). The molecule has 1 saturated carbocycles. The van der Waals surface area contributed by atoms with Crippen molar-refractivity contribution < 1.29 is 4.79 Å². The van der Waals surface area contributed by atoms with Gasteiger partial charge in [0.2, 0.25) is 11.1 Å². The van der Waals surface area contributed by atoms with Crippen LogP contribution in [0.5, 0.6) is 0 Å². The lowest BCUT2D eigenvalue weighted by Crippen LogP contribution is -2.28. The minimum atomic E-state index is 0.0147. The second-order valence-electron chi connectivity index (χ2n) is 5.65. The average molecular weight is 352 g/mol. The number of carbonyl (C=O) groups excluding carboxylic acids is 1. The summed E-state index contributed by atoms with van der Waals surface area (Å²) in [6.45, 7) is 0.541. The monoisotopic (exact) mass is 351 g/mol. The zero-order valence-electron chi connectivity index (χ0n) is 12.8. The lowest BCUT2D eigenvalue weighted by atomic mass is 10.2. The van der Waals surface area contributed by atoms with Gasteiger partial charge in [-0.2, -0.15) is 0 Å². The van der Waals surface area contributed by atoms with Gasteiger partial charge in [0.15, 0.2) is 5.82 Å². The minimum absolute atomic E-state index is 0.0147. The molecule has 1 fully saturated rings. The third kappa shape index (κ3) is 3.97. The van der Waals surface area contributed by atoms with Crippen molar-refractivity contribution in [1.29, 1.82) is 0 Å². The van der Waals surface area contributed by atoms with E-state index in [9.17, 15) is 4.79 Å². The van der Waals surface area contributed by atoms with Crippen LogP contribution in [0.2, 0.25) is 5.02 Å². The molecule has 23 heavy (non-hydrogen) atoms. The van der Waals surface area contributed by atoms with Crippen LogP contribution in [0, 0.1) is 0 Å². The van der Waals surface area contributed by atoms with Gasteiger partial charge in [0.25, 0.3) is 0 Å². The average Bonchev–Trinajstić information content (AvgIpc) is 3.31. The summed E-state index contributed by atoms with van der Waals surface area (Å²) in [5, 5.41) is 9.44. The fourth-order valence-corrected chi connectivity index (χ4v) is 3.13. The Morgan fingerprint density at radius 2 is 2.09 bits per heavy atom. The summed E-state index contributed by atoms with van der Waals surface area (Å²) >= 11 is 7.18. The number of benzene rings is 1. The molecule has 0 atom stereocenters. The van der Waals surface area contributed by atoms with Crippen LogP contribution in [-0.2, 0) is 11.3 Å². The SMILES string of the molecule is CN(Cc1ccc(Cl)cc1)C(=O)CSc1nnc(C2CC2)n1N. The quantitative estimate of drug-likeness (QED) is 0.638. The van der Waals surface area contributed by atoms with Crippen molar-refractivity contribution in [3.63, 3.8) is 0 Å². The van der Waals surface area contributed by atoms with Gasteiger partial charge in [0, 0.05) is 24.5 Å². The van der Waals surface area contributed by atoms with Crippen LogP contribution in [0.4, 0.5) is 0 Å². The molecular formula is C15H18ClN5OS. The molecule has 122 valence electrons. The fourth-order valence-electron chi connectivity index (χ4n) is 2.19. The van der Waals surface area contributed by atoms with Gasteiger partial charge in [-0.3, -0.25) is 4.79 Å². The highest BCUT2D eigenvalue weighted by Crippen LogP contribution is 2.39. The smallest absolute Gasteiger partial charge is 0.233 e. The highest BCUT2D eigenvalue weighted by Gasteiger charge is 2.30. The number of hydrogen-bond donors (Lipinski definition) is 1. The predicted octanol–water partition coefficient (Wildman–Crippen LogP) is 2.27. The van der Waals surface area contributed by atoms with E-state index in [2.05, 4.69) is 10.2 Å². The van der Waals surface area contributed by atoms with Crippen LogP contribution in [0.25, 0.3) is 0 Å². The molecule has 2 N–H and O–H groups in total. The van der Waals surface area contributed by atoms with E-state index < -0.39 is 0 Å². The number of aromatic nitrogens is 3. The third-order valence-corrected chi connectivity index (χ3v) is 4.90. The molecule has 2 aromatic rings. The molecule has 0 bridgehead atoms. The summed E-state index contributed by atoms with van der Waals surface area (Å²) in [6.07, 6.45) is 2.23. The largest absolute Gasteiger partial charge is 0.341 e. The van der Waals surface area contributed by atoms with Crippen molar-refractivity contribution in [2.45, 2.75) is 30.5 Å². The van der Waals surface area contributed by atoms with Gasteiger partial charge < -0.3 is 10.7 Å². The number of amides is 1. The number of carbonyl (C=O) groups is 1. The van der Waals surface area contributed by atoms with Crippen molar-refractivity contribution in [2.24, 2.45) is 0 Å². The molecule has 0 radical (unpaired) electrons. The third-order valence-electron chi connectivity index (χ3n) is 3.72. The summed E-state index contributed by atoms with van der Waals surface area (Å²) in [5.74, 6) is 7.52. The van der Waals surface area contributed by atoms with Crippen molar-refractivity contribution in [3.05, 3.63) is 40.7 Å². The number of hydrogen-bond acceptors (Lipinski definition) is 5. The van der Waals surface area contributed by atoms with Gasteiger partial charge in [0.1, 0.15) is 0 Å². The molecule has 8 heteroatoms. The first-order chi connectivity index (χ1) is 11.0. The van der Waals surface area contributed by atoms with Gasteiger partial charge in [-0.1, -0.05) is 35.5 Å². The summed E-state index contributed by atoms with van der Waals surface area (Å²) in [7, 11) is 1.78. The van der Waals surface area contributed by atoms with Crippen molar-refractivity contribution in [1.82, 2.24) is 19.8 Å². The van der Waals surface area contributed by atoms with Crippen molar-refractivity contribution in [2.75, 3.05) is 18.6 Å². The van der Waals surface area contributed by atoms with E-state index in [1.165, 1.54) is 16.4 Å². The Labute approximate surface area is 144 Å². The van der Waals surface area contributed by atoms with Gasteiger partial charge in [-0.15, -0.1) is 10.2 Å². The molecule has 1 aliphatic carbocycles. The minimum Gasteiger partial charge on any atom is -0.341 e. The number of nitrogens with zero attached hydrogens (tertiary/aromatic N) is 4. The summed E-state index contributed by atoms with van der Waals surface area (Å²) in [6, 6.07) is 7.47. The van der Waals surface area contributed by atoms with E-state index >= 15 is 0 Å². The normalized spacial score (nSPS) is 14.0. The number of nitrogens with two attached hydrogens (primary N) is 1. The Bertz CT molecular complexity index is 698. The molecule has 1 aliphatic rings. The van der Waals surface area contributed by atoms with Gasteiger partial charge in [-0.25, -0.2) is 4.68 Å². The van der Waals surface area contributed by atoms with Gasteiger partial charge in [-0.05, 0) is 30.5 Å². The molecule has 0 saturated heterocycles. The van der Waals surface area contributed by atoms with Crippen LogP contribution in [0.1, 0.15) is 30.1 Å². The van der Waals surface area contributed by atoms with E-state index in [1.54, 1.807) is 11.9 Å². The molecule has 1 aromatic carbocycles. The number of nitrogen functional groups attached to an aromatic ring is 1. The van der Waals surface area contributed by atoms with Crippen molar-refractivity contribution in [3.8, 4) is 0 Å². The maximum atomic E-state index is 12.2.